The molecule has 0 amide bonds. The molecule has 0 saturated heterocycles. The minimum Gasteiger partial charge on any atom is -3.00 e. The van der Waals surface area contributed by atoms with Crippen LogP contribution in [0, 0.1) is 0 Å². The molecule has 0 aromatic heterocycles. The molecule has 0 saturated carbocycles. The van der Waals surface area contributed by atoms with Crippen LogP contribution in [0.4, 0.5) is 0 Å². The molecule has 4 nitrogen and oxygen atoms in total. The van der Waals surface area contributed by atoms with Gasteiger partial charge in [0.15, 0.2) is 0 Å². The summed E-state index contributed by atoms with van der Waals surface area (Å²) >= 11 is 0. The molecular formula is MoN4W. The monoisotopic (exact) mass is 338 g/mol. The van der Waals surface area contributed by atoms with E-state index in [1.54, 1.807) is 0 Å². The molecule has 0 aliphatic carbocycles. The Morgan fingerprint density at radius 3 is 0.500 bits per heavy atom. The standard InChI is InChI=1S/Mo.4N.W/q+6;4*-3;+6. The maximum absolute atomic E-state index is 0. The second-order valence-electron chi connectivity index (χ2n) is 0. The minimum atomic E-state index is 0. The molecule has 0 bridgehead atoms. The molecule has 0 spiro atoms. The van der Waals surface area contributed by atoms with Gasteiger partial charge in [-0.15, -0.1) is 0 Å². The molecule has 0 rings (SSSR count). The average molecular weight is 336 g/mol. The van der Waals surface area contributed by atoms with Crippen LogP contribution in [0.1, 0.15) is 0 Å². The first-order valence-electron chi connectivity index (χ1n) is 0. The zero-order valence-electron chi connectivity index (χ0n) is 2.61. The molecule has 0 aromatic rings. The third-order valence-electron chi connectivity index (χ3n) is 0. The normalized spacial score (nSPS) is 0. The van der Waals surface area contributed by atoms with E-state index >= 15 is 0 Å². The van der Waals surface area contributed by atoms with Crippen LogP contribution in [-0.4, -0.2) is 0 Å². The van der Waals surface area contributed by atoms with E-state index in [2.05, 4.69) is 0 Å². The topological polar surface area (TPSA) is 122 Å². The van der Waals surface area contributed by atoms with Crippen LogP contribution in [-0.2, 0) is 42.1 Å². The fourth-order valence-electron chi connectivity index (χ4n) is 0. The maximum atomic E-state index is 0. The Kier molecular flexibility index (Phi) is 3590. The predicted molar refractivity (Wildman–Crippen MR) is 13.4 cm³/mol. The first-order valence-corrected chi connectivity index (χ1v) is 0. The predicted octanol–water partition coefficient (Wildman–Crippen LogP) is 1.15. The number of nitrogens with zero attached hydrogens (tertiary/aromatic N) is 4. The zero-order valence-corrected chi connectivity index (χ0v) is 7.55. The third-order valence-corrected chi connectivity index (χ3v) is 0. The van der Waals surface area contributed by atoms with E-state index in [1.807, 2.05) is 0 Å². The van der Waals surface area contributed by atoms with Gasteiger partial charge in [-0.2, -0.15) is 0 Å². The Balaban J connectivity index is 0. The van der Waals surface area contributed by atoms with E-state index in [0.29, 0.717) is 0 Å². The molecule has 6 heteroatoms. The van der Waals surface area contributed by atoms with Crippen LogP contribution in [0.15, 0.2) is 0 Å². The van der Waals surface area contributed by atoms with Crippen LogP contribution in [0.3, 0.4) is 0 Å². The second kappa shape index (κ2) is 114. The first kappa shape index (κ1) is 188. The minimum absolute atomic E-state index is 0. The summed E-state index contributed by atoms with van der Waals surface area (Å²) < 4.78 is 0. The molecule has 0 aromatic carbocycles. The summed E-state index contributed by atoms with van der Waals surface area (Å²) in [6.07, 6.45) is 0. The molecule has 0 aliphatic heterocycles. The quantitative estimate of drug-likeness (QED) is 0.589. The van der Waals surface area contributed by atoms with E-state index in [0.717, 1.165) is 0 Å². The summed E-state index contributed by atoms with van der Waals surface area (Å²) in [5, 5.41) is 0. The molecule has 6 heavy (non-hydrogen) atoms. The van der Waals surface area contributed by atoms with Crippen molar-refractivity contribution < 1.29 is 42.1 Å². The number of hydrogen-bond donors (Lipinski definition) is 0. The molecule has 0 aliphatic rings. The SMILES string of the molecule is [Mo+6].[N-3].[N-3].[N-3].[N-3].[W+6]. The van der Waals surface area contributed by atoms with Gasteiger partial charge in [-0.1, -0.05) is 0 Å². The maximum Gasteiger partial charge on any atom is 6.00 e. The summed E-state index contributed by atoms with van der Waals surface area (Å²) in [5.74, 6) is 0. The molecular weight excluding hydrogens is 336 g/mol. The van der Waals surface area contributed by atoms with E-state index in [1.165, 1.54) is 0 Å². The summed E-state index contributed by atoms with van der Waals surface area (Å²) in [7, 11) is 0. The van der Waals surface area contributed by atoms with Gasteiger partial charge in [0, 0.05) is 0 Å². The van der Waals surface area contributed by atoms with Crippen molar-refractivity contribution in [3.63, 3.8) is 0 Å². The molecule has 0 fully saturated rings. The van der Waals surface area contributed by atoms with Crippen LogP contribution in [0.5, 0.6) is 0 Å². The van der Waals surface area contributed by atoms with Crippen molar-refractivity contribution in [1.29, 1.82) is 0 Å². The molecule has 0 N–H and O–H groups in total. The van der Waals surface area contributed by atoms with Gasteiger partial charge >= 0.3 is 42.1 Å². The van der Waals surface area contributed by atoms with Crippen molar-refractivity contribution in [3.8, 4) is 0 Å². The van der Waals surface area contributed by atoms with Crippen molar-refractivity contribution in [2.24, 2.45) is 0 Å². The largest absolute Gasteiger partial charge is 6.00 e. The number of rotatable bonds is 0. The Hall–Kier alpha value is 1.22. The van der Waals surface area contributed by atoms with Crippen molar-refractivity contribution in [3.05, 3.63) is 24.6 Å². The van der Waals surface area contributed by atoms with Gasteiger partial charge in [-0.3, -0.25) is 0 Å². The summed E-state index contributed by atoms with van der Waals surface area (Å²) in [6.45, 7) is 0. The zero-order chi connectivity index (χ0) is 0. The van der Waals surface area contributed by atoms with E-state index in [9.17, 15) is 0 Å². The summed E-state index contributed by atoms with van der Waals surface area (Å²) in [5.41, 5.74) is 0. The van der Waals surface area contributed by atoms with Gasteiger partial charge in [-0.25, -0.2) is 0 Å². The van der Waals surface area contributed by atoms with E-state index in [-0.39, 0.29) is 66.7 Å². The molecule has 0 heterocycles. The van der Waals surface area contributed by atoms with Crippen molar-refractivity contribution in [2.75, 3.05) is 0 Å². The molecule has 0 atom stereocenters. The van der Waals surface area contributed by atoms with Gasteiger partial charge in [0.2, 0.25) is 0 Å². The van der Waals surface area contributed by atoms with Gasteiger partial charge in [0.05, 0.1) is 0 Å². The number of hydrogen-bond acceptors (Lipinski definition) is 0. The van der Waals surface area contributed by atoms with E-state index in [4.69, 9.17) is 0 Å². The Bertz CT molecular complexity index is 7.51. The summed E-state index contributed by atoms with van der Waals surface area (Å²) in [6, 6.07) is 0. The summed E-state index contributed by atoms with van der Waals surface area (Å²) in [4.78, 5) is 0. The van der Waals surface area contributed by atoms with Crippen LogP contribution >= 0.6 is 0 Å². The van der Waals surface area contributed by atoms with Crippen molar-refractivity contribution in [1.82, 2.24) is 0 Å². The van der Waals surface area contributed by atoms with Gasteiger partial charge in [-0.05, 0) is 0 Å². The van der Waals surface area contributed by atoms with Crippen LogP contribution in [0.25, 0.3) is 24.6 Å². The first-order chi connectivity index (χ1) is 0. The Labute approximate surface area is 66.7 Å². The Morgan fingerprint density at radius 2 is 0.500 bits per heavy atom. The third kappa shape index (κ3) is 62.7. The van der Waals surface area contributed by atoms with Crippen LogP contribution in [0.2, 0.25) is 0 Å². The molecule has 0 radical (unpaired) electrons. The smallest absolute Gasteiger partial charge is 3.00 e. The molecule has 32 valence electrons. The van der Waals surface area contributed by atoms with Gasteiger partial charge < -0.3 is 24.6 Å². The average Bonchev–Trinajstić information content (AvgIpc) is 0. The van der Waals surface area contributed by atoms with Gasteiger partial charge in [0.1, 0.15) is 0 Å². The van der Waals surface area contributed by atoms with Gasteiger partial charge in [0.25, 0.3) is 0 Å². The molecule has 0 unspecified atom stereocenters. The van der Waals surface area contributed by atoms with E-state index < -0.39 is 0 Å². The fraction of sp³-hybridized carbons (Fsp3) is 0. The van der Waals surface area contributed by atoms with Crippen LogP contribution < -0.4 is 0 Å². The second-order valence-corrected chi connectivity index (χ2v) is 0. The van der Waals surface area contributed by atoms with Crippen molar-refractivity contribution >= 4 is 0 Å². The fourth-order valence-corrected chi connectivity index (χ4v) is 0. The van der Waals surface area contributed by atoms with Crippen molar-refractivity contribution in [2.45, 2.75) is 0 Å². The Morgan fingerprint density at radius 1 is 0.500 bits per heavy atom.